The van der Waals surface area contributed by atoms with Crippen LogP contribution in [0.3, 0.4) is 0 Å². The number of rotatable bonds is 2. The predicted molar refractivity (Wildman–Crippen MR) is 104 cm³/mol. The van der Waals surface area contributed by atoms with Gasteiger partial charge in [0, 0.05) is 36.8 Å². The van der Waals surface area contributed by atoms with Crippen molar-refractivity contribution in [3.63, 3.8) is 0 Å². The lowest BCUT2D eigenvalue weighted by Crippen LogP contribution is -2.69. The molecule has 1 aromatic heterocycles. The monoisotopic (exact) mass is 366 g/mol. The number of esters is 1. The molecule has 27 heavy (non-hydrogen) atoms. The standard InChI is InChI=1S/C22H26N2O3/c1-26-20(25)22-12-5-10-21(27-2)11-6-13-24(19(21)22)14-9-16-15-7-3-4-8-17(15)23-18(16)22/h3-4,6-8,11,19,23H,5,9-10,12-14H2,1-2H3. The molecule has 5 heteroatoms. The molecule has 0 spiro atoms. The molecule has 0 bridgehead atoms. The molecule has 2 aliphatic heterocycles. The first-order valence-electron chi connectivity index (χ1n) is 9.82. The van der Waals surface area contributed by atoms with Crippen molar-refractivity contribution in [2.75, 3.05) is 27.3 Å². The lowest BCUT2D eigenvalue weighted by Gasteiger charge is -2.55. The molecule has 142 valence electrons. The van der Waals surface area contributed by atoms with E-state index in [4.69, 9.17) is 9.47 Å². The number of fused-ring (bicyclic) bond motifs is 4. The summed E-state index contributed by atoms with van der Waals surface area (Å²) >= 11 is 0. The molecule has 1 N–H and O–H groups in total. The van der Waals surface area contributed by atoms with Crippen molar-refractivity contribution in [3.05, 3.63) is 47.7 Å². The Morgan fingerprint density at radius 2 is 2.11 bits per heavy atom. The molecule has 3 unspecified atom stereocenters. The number of ether oxygens (including phenoxy) is 2. The van der Waals surface area contributed by atoms with Gasteiger partial charge in [-0.3, -0.25) is 9.69 Å². The maximum atomic E-state index is 13.5. The van der Waals surface area contributed by atoms with Crippen LogP contribution in [0.2, 0.25) is 0 Å². The average molecular weight is 366 g/mol. The molecule has 0 saturated heterocycles. The van der Waals surface area contributed by atoms with Gasteiger partial charge in [-0.2, -0.15) is 0 Å². The number of hydrogen-bond donors (Lipinski definition) is 1. The van der Waals surface area contributed by atoms with Gasteiger partial charge in [-0.15, -0.1) is 0 Å². The van der Waals surface area contributed by atoms with E-state index in [0.717, 1.165) is 50.0 Å². The van der Waals surface area contributed by atoms with Crippen LogP contribution in [0.25, 0.3) is 10.9 Å². The molecule has 5 rings (SSSR count). The van der Waals surface area contributed by atoms with E-state index in [1.54, 1.807) is 7.11 Å². The number of aromatic amines is 1. The Labute approximate surface area is 159 Å². The minimum absolute atomic E-state index is 0.0597. The van der Waals surface area contributed by atoms with Gasteiger partial charge in [0.25, 0.3) is 0 Å². The summed E-state index contributed by atoms with van der Waals surface area (Å²) in [5.41, 5.74) is 2.21. The number of methoxy groups -OCH3 is 2. The van der Waals surface area contributed by atoms with Crippen molar-refractivity contribution in [2.24, 2.45) is 0 Å². The van der Waals surface area contributed by atoms with Gasteiger partial charge in [-0.25, -0.2) is 0 Å². The van der Waals surface area contributed by atoms with Crippen LogP contribution >= 0.6 is 0 Å². The van der Waals surface area contributed by atoms with Crippen molar-refractivity contribution in [1.82, 2.24) is 9.88 Å². The zero-order chi connectivity index (χ0) is 18.6. The Balaban J connectivity index is 1.84. The van der Waals surface area contributed by atoms with Crippen molar-refractivity contribution < 1.29 is 14.3 Å². The number of H-pyrrole nitrogens is 1. The summed E-state index contributed by atoms with van der Waals surface area (Å²) in [6.07, 6.45) is 7.94. The second-order valence-electron chi connectivity index (χ2n) is 8.05. The first-order chi connectivity index (χ1) is 13.2. The Hall–Kier alpha value is -2.11. The number of para-hydroxylation sites is 1. The van der Waals surface area contributed by atoms with Crippen molar-refractivity contribution in [1.29, 1.82) is 0 Å². The van der Waals surface area contributed by atoms with E-state index in [1.165, 1.54) is 18.1 Å². The summed E-state index contributed by atoms with van der Waals surface area (Å²) in [6, 6.07) is 8.31. The third-order valence-corrected chi connectivity index (χ3v) is 7.01. The van der Waals surface area contributed by atoms with Gasteiger partial charge in [0.15, 0.2) is 0 Å². The summed E-state index contributed by atoms with van der Waals surface area (Å²) in [6.45, 7) is 1.75. The van der Waals surface area contributed by atoms with Gasteiger partial charge in [-0.05, 0) is 37.3 Å². The van der Waals surface area contributed by atoms with Crippen LogP contribution in [0.15, 0.2) is 36.4 Å². The highest BCUT2D eigenvalue weighted by Crippen LogP contribution is 2.53. The van der Waals surface area contributed by atoms with Gasteiger partial charge in [0.1, 0.15) is 11.0 Å². The Morgan fingerprint density at radius 3 is 2.93 bits per heavy atom. The van der Waals surface area contributed by atoms with E-state index in [9.17, 15) is 4.79 Å². The molecule has 2 aromatic rings. The first kappa shape index (κ1) is 17.0. The minimum atomic E-state index is -0.737. The third kappa shape index (κ3) is 2.10. The predicted octanol–water partition coefficient (Wildman–Crippen LogP) is 2.94. The highest BCUT2D eigenvalue weighted by atomic mass is 16.5. The van der Waals surface area contributed by atoms with Gasteiger partial charge in [0.2, 0.25) is 0 Å². The minimum Gasteiger partial charge on any atom is -0.468 e. The van der Waals surface area contributed by atoms with Gasteiger partial charge >= 0.3 is 5.97 Å². The van der Waals surface area contributed by atoms with E-state index < -0.39 is 11.0 Å². The van der Waals surface area contributed by atoms with E-state index in [0.29, 0.717) is 0 Å². The number of hydrogen-bond acceptors (Lipinski definition) is 4. The maximum absolute atomic E-state index is 13.5. The van der Waals surface area contributed by atoms with Crippen molar-refractivity contribution >= 4 is 16.9 Å². The quantitative estimate of drug-likeness (QED) is 0.656. The number of carbonyl (C=O) groups excluding carboxylic acids is 1. The van der Waals surface area contributed by atoms with Gasteiger partial charge in [-0.1, -0.05) is 30.4 Å². The van der Waals surface area contributed by atoms with Crippen LogP contribution in [0.5, 0.6) is 0 Å². The number of benzene rings is 1. The Bertz CT molecular complexity index is 933. The number of nitrogens with zero attached hydrogens (tertiary/aromatic N) is 1. The van der Waals surface area contributed by atoms with Crippen LogP contribution in [-0.4, -0.2) is 54.8 Å². The Morgan fingerprint density at radius 1 is 1.26 bits per heavy atom. The summed E-state index contributed by atoms with van der Waals surface area (Å²) < 4.78 is 11.6. The first-order valence-corrected chi connectivity index (χ1v) is 9.82. The normalized spacial score (nSPS) is 32.6. The lowest BCUT2D eigenvalue weighted by molar-refractivity contribution is -0.165. The maximum Gasteiger partial charge on any atom is 0.319 e. The number of aromatic nitrogens is 1. The van der Waals surface area contributed by atoms with E-state index in [1.807, 2.05) is 6.07 Å². The Kier molecular flexibility index (Phi) is 3.75. The van der Waals surface area contributed by atoms with Crippen LogP contribution < -0.4 is 0 Å². The van der Waals surface area contributed by atoms with Gasteiger partial charge in [0.05, 0.1) is 13.2 Å². The largest absolute Gasteiger partial charge is 0.468 e. The van der Waals surface area contributed by atoms with E-state index in [-0.39, 0.29) is 12.0 Å². The number of carbonyl (C=O) groups is 1. The summed E-state index contributed by atoms with van der Waals surface area (Å²) in [5.74, 6) is -0.149. The van der Waals surface area contributed by atoms with Crippen molar-refractivity contribution in [3.8, 4) is 0 Å². The average Bonchev–Trinajstić information content (AvgIpc) is 3.03. The van der Waals surface area contributed by atoms with Crippen LogP contribution in [0.1, 0.15) is 30.5 Å². The molecule has 3 heterocycles. The van der Waals surface area contributed by atoms with Crippen LogP contribution in [0.4, 0.5) is 0 Å². The molecule has 0 radical (unpaired) electrons. The summed E-state index contributed by atoms with van der Waals surface area (Å²) in [5, 5.41) is 1.22. The smallest absolute Gasteiger partial charge is 0.319 e. The second-order valence-corrected chi connectivity index (χ2v) is 8.05. The summed E-state index contributed by atoms with van der Waals surface area (Å²) in [7, 11) is 3.29. The molecular weight excluding hydrogens is 340 g/mol. The zero-order valence-electron chi connectivity index (χ0n) is 16.0. The lowest BCUT2D eigenvalue weighted by atomic mass is 9.60. The highest BCUT2D eigenvalue weighted by Gasteiger charge is 2.63. The van der Waals surface area contributed by atoms with Crippen LogP contribution in [0, 0.1) is 0 Å². The topological polar surface area (TPSA) is 54.6 Å². The highest BCUT2D eigenvalue weighted by molar-refractivity contribution is 5.91. The molecular formula is C22H26N2O3. The summed E-state index contributed by atoms with van der Waals surface area (Å²) in [4.78, 5) is 19.5. The fourth-order valence-corrected chi connectivity index (χ4v) is 5.98. The molecule has 0 amide bonds. The fourth-order valence-electron chi connectivity index (χ4n) is 5.98. The molecule has 1 fully saturated rings. The van der Waals surface area contributed by atoms with Gasteiger partial charge < -0.3 is 14.5 Å². The van der Waals surface area contributed by atoms with E-state index >= 15 is 0 Å². The number of nitrogens with one attached hydrogen (secondary N) is 1. The second kappa shape index (κ2) is 5.94. The third-order valence-electron chi connectivity index (χ3n) is 7.01. The molecule has 3 atom stereocenters. The van der Waals surface area contributed by atoms with Crippen molar-refractivity contribution in [2.45, 2.75) is 42.7 Å². The fraction of sp³-hybridized carbons (Fsp3) is 0.500. The molecule has 1 aromatic carbocycles. The molecule has 3 aliphatic rings. The SMILES string of the molecule is COC(=O)C12CCCC3(OC)C=CCN(CCc4c1[nH]c1ccccc41)C32. The zero-order valence-corrected chi connectivity index (χ0v) is 16.0. The molecule has 5 nitrogen and oxygen atoms in total. The molecule has 1 aliphatic carbocycles. The van der Waals surface area contributed by atoms with Crippen LogP contribution in [-0.2, 0) is 26.1 Å². The van der Waals surface area contributed by atoms with E-state index in [2.05, 4.69) is 40.2 Å². The molecule has 1 saturated carbocycles.